The minimum Gasteiger partial charge on any atom is -0.398 e. The third-order valence-corrected chi connectivity index (χ3v) is 2.59. The molecule has 0 spiro atoms. The zero-order valence-electron chi connectivity index (χ0n) is 9.51. The fraction of sp³-hybridized carbons (Fsp3) is 0.0909. The number of halogens is 1. The van der Waals surface area contributed by atoms with Gasteiger partial charge in [0, 0.05) is 17.6 Å². The molecule has 2 aromatic heterocycles. The first-order valence-electron chi connectivity index (χ1n) is 5.07. The second-order valence-corrected chi connectivity index (χ2v) is 4.40. The smallest absolute Gasteiger partial charge is 0.260 e. The molecule has 2 rings (SSSR count). The van der Waals surface area contributed by atoms with Gasteiger partial charge in [-0.15, -0.1) is 0 Å². The van der Waals surface area contributed by atoms with Gasteiger partial charge in [0.25, 0.3) is 5.91 Å². The number of nitrogens with two attached hydrogens (primary N) is 1. The molecule has 0 atom stereocenters. The molecule has 92 valence electrons. The number of carbonyl (C=O) groups is 1. The summed E-state index contributed by atoms with van der Waals surface area (Å²) in [6.07, 6.45) is 4.37. The van der Waals surface area contributed by atoms with E-state index in [0.29, 0.717) is 21.7 Å². The number of anilines is 2. The van der Waals surface area contributed by atoms with E-state index in [1.165, 1.54) is 18.6 Å². The van der Waals surface area contributed by atoms with Gasteiger partial charge in [-0.05, 0) is 28.9 Å². The monoisotopic (exact) mass is 307 g/mol. The van der Waals surface area contributed by atoms with Crippen LogP contribution in [0.1, 0.15) is 16.1 Å². The van der Waals surface area contributed by atoms with Gasteiger partial charge in [0.05, 0.1) is 18.0 Å². The molecule has 0 saturated carbocycles. The molecule has 0 aliphatic rings. The van der Waals surface area contributed by atoms with Gasteiger partial charge in [-0.25, -0.2) is 9.97 Å². The van der Waals surface area contributed by atoms with Crippen LogP contribution in [0.25, 0.3) is 0 Å². The van der Waals surface area contributed by atoms with Gasteiger partial charge in [0.15, 0.2) is 5.82 Å². The highest BCUT2D eigenvalue weighted by molar-refractivity contribution is 9.10. The molecular weight excluding hydrogens is 298 g/mol. The van der Waals surface area contributed by atoms with E-state index in [2.05, 4.69) is 36.2 Å². The average molecular weight is 308 g/mol. The van der Waals surface area contributed by atoms with Crippen LogP contribution in [0.4, 0.5) is 11.5 Å². The maximum Gasteiger partial charge on any atom is 0.260 e. The second-order valence-electron chi connectivity index (χ2n) is 3.59. The van der Waals surface area contributed by atoms with E-state index in [4.69, 9.17) is 5.73 Å². The van der Waals surface area contributed by atoms with Gasteiger partial charge in [0.1, 0.15) is 4.60 Å². The SMILES string of the molecule is Cc1cc(N)c(C(=O)Nc2cnc(Br)cn2)cn1. The first kappa shape index (κ1) is 12.4. The molecule has 0 fully saturated rings. The summed E-state index contributed by atoms with van der Waals surface area (Å²) in [5.41, 5.74) is 7.20. The average Bonchev–Trinajstić information content (AvgIpc) is 2.32. The molecule has 0 unspecified atom stereocenters. The summed E-state index contributed by atoms with van der Waals surface area (Å²) in [7, 11) is 0. The summed E-state index contributed by atoms with van der Waals surface area (Å²) in [5.74, 6) is -0.0141. The summed E-state index contributed by atoms with van der Waals surface area (Å²) in [5, 5.41) is 2.59. The highest BCUT2D eigenvalue weighted by atomic mass is 79.9. The van der Waals surface area contributed by atoms with Crippen molar-refractivity contribution in [2.24, 2.45) is 0 Å². The third kappa shape index (κ3) is 2.80. The third-order valence-electron chi connectivity index (χ3n) is 2.18. The molecule has 0 aliphatic heterocycles. The summed E-state index contributed by atoms with van der Waals surface area (Å²) in [4.78, 5) is 23.9. The number of nitrogen functional groups attached to an aromatic ring is 1. The molecule has 0 radical (unpaired) electrons. The second kappa shape index (κ2) is 5.09. The van der Waals surface area contributed by atoms with Gasteiger partial charge in [-0.1, -0.05) is 0 Å². The fourth-order valence-electron chi connectivity index (χ4n) is 1.33. The number of hydrogen-bond acceptors (Lipinski definition) is 5. The van der Waals surface area contributed by atoms with Crippen molar-refractivity contribution in [3.8, 4) is 0 Å². The van der Waals surface area contributed by atoms with E-state index in [1.807, 2.05) is 0 Å². The largest absolute Gasteiger partial charge is 0.398 e. The Kier molecular flexibility index (Phi) is 3.52. The molecule has 0 aromatic carbocycles. The van der Waals surface area contributed by atoms with Gasteiger partial charge in [-0.2, -0.15) is 0 Å². The van der Waals surface area contributed by atoms with E-state index < -0.39 is 0 Å². The Labute approximate surface area is 112 Å². The Hall–Kier alpha value is -2.02. The standard InChI is InChI=1S/C11H10BrN5O/c1-6-2-8(13)7(3-14-6)11(18)17-10-5-15-9(12)4-16-10/h2-5H,1H3,(H2,13,14)(H,16,17,18). The predicted molar refractivity (Wildman–Crippen MR) is 71.1 cm³/mol. The van der Waals surface area contributed by atoms with Crippen molar-refractivity contribution in [2.45, 2.75) is 6.92 Å². The molecule has 1 amide bonds. The summed E-state index contributed by atoms with van der Waals surface area (Å²) in [6.45, 7) is 1.80. The molecule has 18 heavy (non-hydrogen) atoms. The minimum atomic E-state index is -0.364. The lowest BCUT2D eigenvalue weighted by atomic mass is 10.2. The molecule has 2 aromatic rings. The normalized spacial score (nSPS) is 10.1. The summed E-state index contributed by atoms with van der Waals surface area (Å²) in [6, 6.07) is 1.64. The highest BCUT2D eigenvalue weighted by Crippen LogP contribution is 2.13. The van der Waals surface area contributed by atoms with Crippen molar-refractivity contribution < 1.29 is 4.79 Å². The van der Waals surface area contributed by atoms with E-state index in [1.54, 1.807) is 13.0 Å². The van der Waals surface area contributed by atoms with Crippen LogP contribution >= 0.6 is 15.9 Å². The van der Waals surface area contributed by atoms with Crippen LogP contribution in [0.15, 0.2) is 29.3 Å². The lowest BCUT2D eigenvalue weighted by Gasteiger charge is -2.06. The summed E-state index contributed by atoms with van der Waals surface area (Å²) < 4.78 is 0.594. The molecule has 0 aliphatic carbocycles. The van der Waals surface area contributed by atoms with Gasteiger partial charge in [-0.3, -0.25) is 9.78 Å². The van der Waals surface area contributed by atoms with E-state index >= 15 is 0 Å². The minimum absolute atomic E-state index is 0.310. The molecule has 0 bridgehead atoms. The quantitative estimate of drug-likeness (QED) is 0.882. The Morgan fingerprint density at radius 3 is 2.67 bits per heavy atom. The Morgan fingerprint density at radius 2 is 2.06 bits per heavy atom. The van der Waals surface area contributed by atoms with Crippen molar-refractivity contribution >= 4 is 33.3 Å². The maximum atomic E-state index is 11.9. The van der Waals surface area contributed by atoms with Crippen LogP contribution in [0, 0.1) is 6.92 Å². The lowest BCUT2D eigenvalue weighted by molar-refractivity contribution is 0.102. The maximum absolute atomic E-state index is 11.9. The number of aryl methyl sites for hydroxylation is 1. The van der Waals surface area contributed by atoms with Crippen LogP contribution in [-0.2, 0) is 0 Å². The molecule has 2 heterocycles. The number of carbonyl (C=O) groups excluding carboxylic acids is 1. The Balaban J connectivity index is 2.19. The number of aromatic nitrogens is 3. The van der Waals surface area contributed by atoms with Gasteiger partial charge in [0.2, 0.25) is 0 Å². The topological polar surface area (TPSA) is 93.8 Å². The van der Waals surface area contributed by atoms with Gasteiger partial charge >= 0.3 is 0 Å². The highest BCUT2D eigenvalue weighted by Gasteiger charge is 2.11. The van der Waals surface area contributed by atoms with Crippen LogP contribution in [-0.4, -0.2) is 20.9 Å². The van der Waals surface area contributed by atoms with E-state index in [9.17, 15) is 4.79 Å². The van der Waals surface area contributed by atoms with E-state index in [0.717, 1.165) is 5.69 Å². The first-order valence-corrected chi connectivity index (χ1v) is 5.86. The summed E-state index contributed by atoms with van der Waals surface area (Å²) >= 11 is 3.16. The van der Waals surface area contributed by atoms with Gasteiger partial charge < -0.3 is 11.1 Å². The van der Waals surface area contributed by atoms with Crippen molar-refractivity contribution in [3.63, 3.8) is 0 Å². The van der Waals surface area contributed by atoms with Crippen LogP contribution < -0.4 is 11.1 Å². The number of nitrogens with zero attached hydrogens (tertiary/aromatic N) is 3. The van der Waals surface area contributed by atoms with Crippen molar-refractivity contribution in [2.75, 3.05) is 11.1 Å². The van der Waals surface area contributed by atoms with Crippen molar-refractivity contribution in [3.05, 3.63) is 40.5 Å². The van der Waals surface area contributed by atoms with Crippen LogP contribution in [0.3, 0.4) is 0 Å². The number of hydrogen-bond donors (Lipinski definition) is 2. The number of amides is 1. The predicted octanol–water partition coefficient (Wildman–Crippen LogP) is 1.78. The molecule has 7 heteroatoms. The van der Waals surface area contributed by atoms with E-state index in [-0.39, 0.29) is 5.91 Å². The zero-order chi connectivity index (χ0) is 13.1. The fourth-order valence-corrected chi connectivity index (χ4v) is 1.54. The molecule has 6 nitrogen and oxygen atoms in total. The van der Waals surface area contributed by atoms with Crippen molar-refractivity contribution in [1.82, 2.24) is 15.0 Å². The first-order chi connectivity index (χ1) is 8.56. The lowest BCUT2D eigenvalue weighted by Crippen LogP contribution is -2.15. The van der Waals surface area contributed by atoms with Crippen LogP contribution in [0.5, 0.6) is 0 Å². The van der Waals surface area contributed by atoms with Crippen molar-refractivity contribution in [1.29, 1.82) is 0 Å². The van der Waals surface area contributed by atoms with Crippen LogP contribution in [0.2, 0.25) is 0 Å². The number of nitrogens with one attached hydrogen (secondary N) is 1. The Morgan fingerprint density at radius 1 is 1.28 bits per heavy atom. The zero-order valence-corrected chi connectivity index (χ0v) is 11.1. The number of rotatable bonds is 2. The molecule has 3 N–H and O–H groups in total. The Bertz CT molecular complexity index is 584. The molecular formula is C11H10BrN5O. The number of pyridine rings is 1. The molecule has 0 saturated heterocycles.